The van der Waals surface area contributed by atoms with Crippen LogP contribution in [0.5, 0.6) is 0 Å². The van der Waals surface area contributed by atoms with Crippen LogP contribution in [0.1, 0.15) is 11.4 Å². The summed E-state index contributed by atoms with van der Waals surface area (Å²) in [6.45, 7) is 5.46. The van der Waals surface area contributed by atoms with Crippen molar-refractivity contribution in [1.82, 2.24) is 14.9 Å². The normalized spacial score (nSPS) is 16.7. The summed E-state index contributed by atoms with van der Waals surface area (Å²) < 4.78 is 11.4. The third kappa shape index (κ3) is 4.57. The molecule has 1 saturated heterocycles. The van der Waals surface area contributed by atoms with Crippen molar-refractivity contribution in [2.75, 3.05) is 43.9 Å². The molecule has 3 aromatic rings. The number of piperazine rings is 1. The van der Waals surface area contributed by atoms with Gasteiger partial charge in [-0.15, -0.1) is 0 Å². The minimum atomic E-state index is -0.877. The van der Waals surface area contributed by atoms with Gasteiger partial charge in [0.05, 0.1) is 16.8 Å². The van der Waals surface area contributed by atoms with E-state index in [4.69, 9.17) is 0 Å². The molecule has 1 unspecified atom stereocenters. The lowest BCUT2D eigenvalue weighted by Gasteiger charge is -2.36. The van der Waals surface area contributed by atoms with E-state index in [-0.39, 0.29) is 0 Å². The van der Waals surface area contributed by atoms with Crippen LogP contribution in [0, 0.1) is 0 Å². The van der Waals surface area contributed by atoms with Gasteiger partial charge in [-0.3, -0.25) is 9.11 Å². The van der Waals surface area contributed by atoms with Gasteiger partial charge in [0.1, 0.15) is 5.82 Å². The first-order valence-corrected chi connectivity index (χ1v) is 11.2. The van der Waals surface area contributed by atoms with Gasteiger partial charge in [0.15, 0.2) is 0 Å². The summed E-state index contributed by atoms with van der Waals surface area (Å²) in [4.78, 5) is 12.8. The van der Waals surface area contributed by atoms with Gasteiger partial charge in [-0.1, -0.05) is 24.3 Å². The van der Waals surface area contributed by atoms with Crippen LogP contribution in [0.3, 0.4) is 0 Å². The van der Waals surface area contributed by atoms with E-state index in [0.29, 0.717) is 5.75 Å². The van der Waals surface area contributed by atoms with Gasteiger partial charge in [-0.2, -0.15) is 0 Å². The van der Waals surface area contributed by atoms with E-state index in [9.17, 15) is 4.21 Å². The van der Waals surface area contributed by atoms with Crippen molar-refractivity contribution in [1.29, 1.82) is 0 Å². The average molecular weight is 383 g/mol. The number of nitrogens with zero attached hydrogens (tertiary/aromatic N) is 3. The maximum absolute atomic E-state index is 11.4. The SMILES string of the molecule is CS(=O)Cc1nc2ccc(CCN3CCN(c4ccccc4)CC3)cc2[nH]1. The van der Waals surface area contributed by atoms with E-state index in [2.05, 4.69) is 68.3 Å². The highest BCUT2D eigenvalue weighted by Gasteiger charge is 2.16. The summed E-state index contributed by atoms with van der Waals surface area (Å²) in [5.74, 6) is 1.29. The number of fused-ring (bicyclic) bond motifs is 1. The topological polar surface area (TPSA) is 52.2 Å². The molecule has 0 bridgehead atoms. The molecule has 0 amide bonds. The summed E-state index contributed by atoms with van der Waals surface area (Å²) in [5.41, 5.74) is 4.64. The van der Waals surface area contributed by atoms with Crippen molar-refractivity contribution in [2.24, 2.45) is 0 Å². The Kier molecular flexibility index (Phi) is 5.55. The van der Waals surface area contributed by atoms with E-state index < -0.39 is 10.8 Å². The second kappa shape index (κ2) is 8.23. The molecule has 4 rings (SSSR count). The van der Waals surface area contributed by atoms with Gasteiger partial charge < -0.3 is 9.88 Å². The lowest BCUT2D eigenvalue weighted by atomic mass is 10.1. The Morgan fingerprint density at radius 1 is 1.07 bits per heavy atom. The van der Waals surface area contributed by atoms with E-state index in [1.807, 2.05) is 0 Å². The Morgan fingerprint density at radius 2 is 1.85 bits per heavy atom. The smallest absolute Gasteiger partial charge is 0.119 e. The number of nitrogens with one attached hydrogen (secondary N) is 1. The number of benzene rings is 2. The van der Waals surface area contributed by atoms with Crippen LogP contribution >= 0.6 is 0 Å². The third-order valence-corrected chi connectivity index (χ3v) is 5.83. The van der Waals surface area contributed by atoms with Crippen LogP contribution in [-0.2, 0) is 23.0 Å². The minimum absolute atomic E-state index is 0.482. The maximum Gasteiger partial charge on any atom is 0.119 e. The van der Waals surface area contributed by atoms with Gasteiger partial charge in [0.2, 0.25) is 0 Å². The molecule has 0 saturated carbocycles. The Bertz CT molecular complexity index is 916. The molecule has 2 heterocycles. The fourth-order valence-electron chi connectivity index (χ4n) is 3.68. The highest BCUT2D eigenvalue weighted by molar-refractivity contribution is 7.83. The highest BCUT2D eigenvalue weighted by Crippen LogP contribution is 2.17. The molecular weight excluding hydrogens is 356 g/mol. The first-order valence-electron chi connectivity index (χ1n) is 9.47. The molecule has 142 valence electrons. The number of aromatic amines is 1. The molecule has 1 fully saturated rings. The van der Waals surface area contributed by atoms with Gasteiger partial charge in [0, 0.05) is 55.5 Å². The summed E-state index contributed by atoms with van der Waals surface area (Å²) in [5, 5.41) is 0. The second-order valence-corrected chi connectivity index (χ2v) is 8.60. The van der Waals surface area contributed by atoms with Crippen molar-refractivity contribution in [3.8, 4) is 0 Å². The van der Waals surface area contributed by atoms with Crippen molar-refractivity contribution in [3.05, 3.63) is 59.9 Å². The zero-order valence-electron chi connectivity index (χ0n) is 15.7. The molecular formula is C21H26N4OS. The molecule has 1 aliphatic heterocycles. The summed E-state index contributed by atoms with van der Waals surface area (Å²) >= 11 is 0. The van der Waals surface area contributed by atoms with Crippen LogP contribution < -0.4 is 4.90 Å². The molecule has 0 spiro atoms. The van der Waals surface area contributed by atoms with Gasteiger partial charge >= 0.3 is 0 Å². The van der Waals surface area contributed by atoms with Gasteiger partial charge in [0.25, 0.3) is 0 Å². The number of aromatic nitrogens is 2. The number of hydrogen-bond donors (Lipinski definition) is 1. The van der Waals surface area contributed by atoms with E-state index >= 15 is 0 Å². The van der Waals surface area contributed by atoms with Crippen molar-refractivity contribution in [2.45, 2.75) is 12.2 Å². The van der Waals surface area contributed by atoms with Crippen LogP contribution in [0.25, 0.3) is 11.0 Å². The Hall–Kier alpha value is -2.18. The predicted octanol–water partition coefficient (Wildman–Crippen LogP) is 2.81. The predicted molar refractivity (Wildman–Crippen MR) is 113 cm³/mol. The van der Waals surface area contributed by atoms with Crippen molar-refractivity contribution >= 4 is 27.5 Å². The lowest BCUT2D eigenvalue weighted by molar-refractivity contribution is 0.261. The number of imidazole rings is 1. The highest BCUT2D eigenvalue weighted by atomic mass is 32.2. The average Bonchev–Trinajstić information content (AvgIpc) is 3.08. The largest absolute Gasteiger partial charge is 0.369 e. The van der Waals surface area contributed by atoms with E-state index in [1.165, 1.54) is 11.3 Å². The van der Waals surface area contributed by atoms with E-state index in [0.717, 1.165) is 56.0 Å². The number of hydrogen-bond acceptors (Lipinski definition) is 4. The van der Waals surface area contributed by atoms with Crippen LogP contribution in [-0.4, -0.2) is 58.1 Å². The Balaban J connectivity index is 1.32. The maximum atomic E-state index is 11.4. The Labute approximate surface area is 162 Å². The zero-order chi connectivity index (χ0) is 18.6. The van der Waals surface area contributed by atoms with Crippen LogP contribution in [0.4, 0.5) is 5.69 Å². The second-order valence-electron chi connectivity index (χ2n) is 7.17. The van der Waals surface area contributed by atoms with Crippen molar-refractivity contribution < 1.29 is 4.21 Å². The molecule has 0 radical (unpaired) electrons. The summed E-state index contributed by atoms with van der Waals surface area (Å²) in [6, 6.07) is 17.1. The number of para-hydroxylation sites is 1. The summed E-state index contributed by atoms with van der Waals surface area (Å²) in [7, 11) is -0.877. The quantitative estimate of drug-likeness (QED) is 0.712. The molecule has 1 aliphatic rings. The molecule has 5 nitrogen and oxygen atoms in total. The molecule has 2 aromatic carbocycles. The van der Waals surface area contributed by atoms with Gasteiger partial charge in [-0.05, 0) is 36.2 Å². The number of H-pyrrole nitrogens is 1. The molecule has 1 aromatic heterocycles. The molecule has 27 heavy (non-hydrogen) atoms. The fourth-order valence-corrected chi connectivity index (χ4v) is 4.20. The Morgan fingerprint density at radius 3 is 2.59 bits per heavy atom. The van der Waals surface area contributed by atoms with Gasteiger partial charge in [-0.25, -0.2) is 4.98 Å². The summed E-state index contributed by atoms with van der Waals surface area (Å²) in [6.07, 6.45) is 2.74. The lowest BCUT2D eigenvalue weighted by Crippen LogP contribution is -2.46. The monoisotopic (exact) mass is 382 g/mol. The molecule has 0 aliphatic carbocycles. The van der Waals surface area contributed by atoms with Crippen molar-refractivity contribution in [3.63, 3.8) is 0 Å². The standard InChI is InChI=1S/C21H26N4OS/c1-27(26)16-21-22-19-8-7-17(15-20(19)23-21)9-10-24-11-13-25(14-12-24)18-5-3-2-4-6-18/h2-8,15H,9-14,16H2,1H3,(H,22,23). The van der Waals surface area contributed by atoms with Crippen LogP contribution in [0.2, 0.25) is 0 Å². The first-order chi connectivity index (χ1) is 13.2. The number of rotatable bonds is 6. The third-order valence-electron chi connectivity index (χ3n) is 5.15. The minimum Gasteiger partial charge on any atom is -0.369 e. The molecule has 1 N–H and O–H groups in total. The zero-order valence-corrected chi connectivity index (χ0v) is 16.5. The van der Waals surface area contributed by atoms with Crippen LogP contribution in [0.15, 0.2) is 48.5 Å². The fraction of sp³-hybridized carbons (Fsp3) is 0.381. The number of anilines is 1. The molecule has 1 atom stereocenters. The van der Waals surface area contributed by atoms with E-state index in [1.54, 1.807) is 6.26 Å². The first kappa shape index (κ1) is 18.2. The molecule has 6 heteroatoms.